The highest BCUT2D eigenvalue weighted by Gasteiger charge is 2.48. The first-order valence-corrected chi connectivity index (χ1v) is 11.5. The molecule has 4 aliphatic rings. The highest BCUT2D eigenvalue weighted by Crippen LogP contribution is 2.37. The summed E-state index contributed by atoms with van der Waals surface area (Å²) < 4.78 is 25.3. The molecule has 3 N–H and O–H groups in total. The molecular formula is C23H25FN6O4. The molecule has 3 aliphatic heterocycles. The van der Waals surface area contributed by atoms with Gasteiger partial charge in [0, 0.05) is 38.2 Å². The van der Waals surface area contributed by atoms with Crippen LogP contribution in [0.5, 0.6) is 5.88 Å². The Morgan fingerprint density at radius 3 is 2.88 bits per heavy atom. The summed E-state index contributed by atoms with van der Waals surface area (Å²) >= 11 is 0. The number of benzene rings is 1. The van der Waals surface area contributed by atoms with Crippen molar-refractivity contribution in [3.8, 4) is 5.88 Å². The number of ether oxygens (including phenoxy) is 2. The average Bonchev–Trinajstić information content (AvgIpc) is 3.35. The Labute approximate surface area is 195 Å². The van der Waals surface area contributed by atoms with Gasteiger partial charge in [0.1, 0.15) is 11.4 Å². The average molecular weight is 468 g/mol. The highest BCUT2D eigenvalue weighted by molar-refractivity contribution is 5.94. The Kier molecular flexibility index (Phi) is 4.83. The topological polar surface area (TPSA) is 123 Å². The molecule has 0 bridgehead atoms. The number of nitrogens with two attached hydrogens (primary N) is 1. The molecule has 10 nitrogen and oxygen atoms in total. The van der Waals surface area contributed by atoms with Crippen LogP contribution in [0, 0.1) is 11.7 Å². The minimum absolute atomic E-state index is 0.109. The summed E-state index contributed by atoms with van der Waals surface area (Å²) in [7, 11) is 0. The summed E-state index contributed by atoms with van der Waals surface area (Å²) in [4.78, 5) is 36.6. The van der Waals surface area contributed by atoms with E-state index in [1.54, 1.807) is 0 Å². The number of amides is 2. The number of fused-ring (bicyclic) bond motifs is 2. The quantitative estimate of drug-likeness (QED) is 0.653. The Morgan fingerprint density at radius 2 is 2.06 bits per heavy atom. The number of nitrogen functional groups attached to an aromatic ring is 1. The monoisotopic (exact) mass is 468 g/mol. The van der Waals surface area contributed by atoms with Gasteiger partial charge in [-0.2, -0.15) is 0 Å². The van der Waals surface area contributed by atoms with Crippen LogP contribution >= 0.6 is 0 Å². The second-order valence-electron chi connectivity index (χ2n) is 9.57. The van der Waals surface area contributed by atoms with Crippen LogP contribution in [0.25, 0.3) is 0 Å². The van der Waals surface area contributed by atoms with Gasteiger partial charge in [-0.15, -0.1) is 0 Å². The van der Waals surface area contributed by atoms with Crippen LogP contribution in [0.2, 0.25) is 0 Å². The molecule has 1 spiro atoms. The Bertz CT molecular complexity index is 1180. The minimum Gasteiger partial charge on any atom is -0.465 e. The van der Waals surface area contributed by atoms with E-state index in [1.807, 2.05) is 6.07 Å². The number of carbonyl (C=O) groups excluding carboxylic acids is 2. The molecule has 34 heavy (non-hydrogen) atoms. The van der Waals surface area contributed by atoms with Crippen LogP contribution in [-0.2, 0) is 22.4 Å². The number of carbonyl (C=O) groups is 2. The predicted molar refractivity (Wildman–Crippen MR) is 120 cm³/mol. The van der Waals surface area contributed by atoms with E-state index in [1.165, 1.54) is 17.2 Å². The van der Waals surface area contributed by atoms with Crippen LogP contribution in [0.3, 0.4) is 0 Å². The zero-order chi connectivity index (χ0) is 23.4. The van der Waals surface area contributed by atoms with Gasteiger partial charge in [-0.05, 0) is 42.0 Å². The summed E-state index contributed by atoms with van der Waals surface area (Å²) in [5.41, 5.74) is 7.51. The molecule has 2 saturated heterocycles. The van der Waals surface area contributed by atoms with E-state index in [4.69, 9.17) is 15.2 Å². The third kappa shape index (κ3) is 3.69. The lowest BCUT2D eigenvalue weighted by Gasteiger charge is -2.38. The molecule has 0 saturated carbocycles. The number of nitrogens with zero attached hydrogens (tertiary/aromatic N) is 4. The lowest BCUT2D eigenvalue weighted by molar-refractivity contribution is -0.118. The lowest BCUT2D eigenvalue weighted by Crippen LogP contribution is -2.48. The number of halogens is 1. The van der Waals surface area contributed by atoms with E-state index in [0.29, 0.717) is 36.8 Å². The zero-order valence-corrected chi connectivity index (χ0v) is 18.6. The van der Waals surface area contributed by atoms with E-state index in [-0.39, 0.29) is 30.0 Å². The fourth-order valence-corrected chi connectivity index (χ4v) is 5.48. The van der Waals surface area contributed by atoms with Gasteiger partial charge in [0.15, 0.2) is 18.2 Å². The van der Waals surface area contributed by atoms with Crippen molar-refractivity contribution in [3.05, 3.63) is 35.3 Å². The van der Waals surface area contributed by atoms with E-state index in [2.05, 4.69) is 20.2 Å². The maximum absolute atomic E-state index is 14.2. The number of nitrogens with one attached hydrogen (secondary N) is 1. The smallest absolute Gasteiger partial charge is 0.416 e. The van der Waals surface area contributed by atoms with Crippen molar-refractivity contribution in [2.45, 2.75) is 31.3 Å². The number of anilines is 3. The lowest BCUT2D eigenvalue weighted by atomic mass is 9.90. The Balaban J connectivity index is 1.08. The summed E-state index contributed by atoms with van der Waals surface area (Å²) in [6.45, 7) is 2.72. The van der Waals surface area contributed by atoms with Crippen molar-refractivity contribution >= 4 is 29.3 Å². The molecule has 4 heterocycles. The van der Waals surface area contributed by atoms with Gasteiger partial charge < -0.3 is 25.4 Å². The second kappa shape index (κ2) is 7.79. The van der Waals surface area contributed by atoms with Gasteiger partial charge >= 0.3 is 6.09 Å². The molecule has 6 rings (SSSR count). The molecule has 1 aromatic heterocycles. The number of hydrogen-bond acceptors (Lipinski definition) is 8. The van der Waals surface area contributed by atoms with Crippen LogP contribution in [0.15, 0.2) is 18.3 Å². The van der Waals surface area contributed by atoms with E-state index >= 15 is 0 Å². The molecule has 1 atom stereocenters. The van der Waals surface area contributed by atoms with Crippen molar-refractivity contribution in [2.75, 3.05) is 48.7 Å². The molecule has 0 radical (unpaired) electrons. The van der Waals surface area contributed by atoms with Gasteiger partial charge in [0.25, 0.3) is 11.8 Å². The van der Waals surface area contributed by atoms with Crippen molar-refractivity contribution in [3.63, 3.8) is 0 Å². The van der Waals surface area contributed by atoms with Crippen LogP contribution in [-0.4, -0.2) is 65.3 Å². The Hall–Kier alpha value is -3.47. The molecule has 2 amide bonds. The summed E-state index contributed by atoms with van der Waals surface area (Å²) in [5, 5.41) is 2.61. The summed E-state index contributed by atoms with van der Waals surface area (Å²) in [6, 6.07) is 3.29. The van der Waals surface area contributed by atoms with Gasteiger partial charge in [0.2, 0.25) is 0 Å². The number of hydrogen-bond donors (Lipinski definition) is 2. The number of aromatic nitrogens is 2. The maximum Gasteiger partial charge on any atom is 0.416 e. The van der Waals surface area contributed by atoms with Gasteiger partial charge in [-0.1, -0.05) is 0 Å². The number of piperidine rings is 1. The van der Waals surface area contributed by atoms with E-state index in [9.17, 15) is 14.0 Å². The molecule has 1 unspecified atom stereocenters. The maximum atomic E-state index is 14.2. The van der Waals surface area contributed by atoms with Gasteiger partial charge in [0.05, 0.1) is 12.7 Å². The predicted octanol–water partition coefficient (Wildman–Crippen LogP) is 1.73. The van der Waals surface area contributed by atoms with Crippen molar-refractivity contribution in [1.82, 2.24) is 14.9 Å². The number of likely N-dealkylation sites (tertiary alicyclic amines) is 1. The fraction of sp³-hybridized carbons (Fsp3) is 0.478. The largest absolute Gasteiger partial charge is 0.465 e. The van der Waals surface area contributed by atoms with Gasteiger partial charge in [-0.3, -0.25) is 9.69 Å². The summed E-state index contributed by atoms with van der Waals surface area (Å²) in [5.74, 6) is 0.585. The van der Waals surface area contributed by atoms with Crippen molar-refractivity contribution < 1.29 is 23.5 Å². The molecule has 1 aliphatic carbocycles. The van der Waals surface area contributed by atoms with Crippen molar-refractivity contribution in [2.24, 2.45) is 5.92 Å². The highest BCUT2D eigenvalue weighted by atomic mass is 19.1. The third-order valence-electron chi connectivity index (χ3n) is 7.17. The molecule has 2 aromatic rings. The Morgan fingerprint density at radius 1 is 1.24 bits per heavy atom. The fourth-order valence-electron chi connectivity index (χ4n) is 5.48. The minimum atomic E-state index is -0.579. The molecule has 178 valence electrons. The number of rotatable bonds is 3. The molecule has 2 fully saturated rings. The first-order chi connectivity index (χ1) is 16.4. The van der Waals surface area contributed by atoms with Crippen LogP contribution in [0.1, 0.15) is 24.0 Å². The summed E-state index contributed by atoms with van der Waals surface area (Å²) in [6.07, 6.45) is 3.95. The van der Waals surface area contributed by atoms with E-state index in [0.717, 1.165) is 43.6 Å². The van der Waals surface area contributed by atoms with Crippen LogP contribution in [0.4, 0.5) is 26.5 Å². The second-order valence-corrected chi connectivity index (χ2v) is 9.57. The van der Waals surface area contributed by atoms with Crippen LogP contribution < -0.4 is 20.7 Å². The standard InChI is InChI=1S/C23H25FN6O4/c24-17-8-15(25)7-14-5-13(6-16(14)17)10-29-3-1-23(2-4-29)12-30(22(32)34-23)18-9-26-21-20(27-18)28-19(31)11-33-21/h7-9,13H,1-6,10-12,25H2,(H,27,28,31). The first kappa shape index (κ1) is 21.1. The van der Waals surface area contributed by atoms with Crippen molar-refractivity contribution in [1.29, 1.82) is 0 Å². The first-order valence-electron chi connectivity index (χ1n) is 11.5. The zero-order valence-electron chi connectivity index (χ0n) is 18.6. The molecule has 1 aromatic carbocycles. The van der Waals surface area contributed by atoms with E-state index < -0.39 is 11.7 Å². The normalized spacial score (nSPS) is 23.3. The third-order valence-corrected chi connectivity index (χ3v) is 7.17. The van der Waals surface area contributed by atoms with Gasteiger partial charge in [-0.25, -0.2) is 19.2 Å². The molecule has 11 heteroatoms. The SMILES string of the molecule is Nc1cc(F)c2c(c1)CC(CN1CCC3(CC1)CN(c1cnc4c(n1)NC(=O)CO4)C(=O)O3)C2. The molecular weight excluding hydrogens is 443 g/mol.